The van der Waals surface area contributed by atoms with Crippen molar-refractivity contribution < 1.29 is 4.79 Å². The third-order valence-corrected chi connectivity index (χ3v) is 3.74. The van der Waals surface area contributed by atoms with Gasteiger partial charge in [0.2, 0.25) is 0 Å². The summed E-state index contributed by atoms with van der Waals surface area (Å²) < 4.78 is 0. The molecule has 0 amide bonds. The van der Waals surface area contributed by atoms with Gasteiger partial charge in [-0.3, -0.25) is 4.79 Å². The molecule has 0 aliphatic carbocycles. The van der Waals surface area contributed by atoms with Gasteiger partial charge in [-0.25, -0.2) is 0 Å². The monoisotopic (exact) mass is 251 g/mol. The number of hydrogen-bond donors (Lipinski definition) is 0. The highest BCUT2D eigenvalue weighted by atomic mass is 16.1. The van der Waals surface area contributed by atoms with E-state index in [2.05, 4.69) is 29.2 Å². The molecule has 0 spiro atoms. The third kappa shape index (κ3) is 2.39. The summed E-state index contributed by atoms with van der Waals surface area (Å²) in [6.45, 7) is 2.31. The maximum absolute atomic E-state index is 11.1. The Kier molecular flexibility index (Phi) is 3.32. The van der Waals surface area contributed by atoms with E-state index in [-0.39, 0.29) is 0 Å². The summed E-state index contributed by atoms with van der Waals surface area (Å²) in [6.07, 6.45) is 3.50. The predicted octanol–water partition coefficient (Wildman–Crippen LogP) is 3.77. The van der Waals surface area contributed by atoms with E-state index in [1.54, 1.807) is 0 Å². The topological polar surface area (TPSA) is 20.3 Å². The lowest BCUT2D eigenvalue weighted by atomic mass is 10.0. The molecule has 2 heteroatoms. The second kappa shape index (κ2) is 5.27. The molecule has 2 aromatic rings. The minimum absolute atomic E-state index is 0.747. The second-order valence-corrected chi connectivity index (χ2v) is 4.95. The quantitative estimate of drug-likeness (QED) is 0.774. The molecular weight excluding hydrogens is 234 g/mol. The highest BCUT2D eigenvalue weighted by Gasteiger charge is 2.12. The van der Waals surface area contributed by atoms with Crippen molar-refractivity contribution in [1.82, 2.24) is 0 Å². The molecule has 19 heavy (non-hydrogen) atoms. The molecule has 0 bridgehead atoms. The molecule has 3 rings (SSSR count). The first-order chi connectivity index (χ1) is 9.38. The van der Waals surface area contributed by atoms with Gasteiger partial charge in [0.25, 0.3) is 0 Å². The Hall–Kier alpha value is -2.09. The standard InChI is InChI=1S/C17H17NO/c19-13-15-5-1-2-6-17(15)14-7-9-16(10-8-14)18-11-3-4-12-18/h1-2,5-10,13H,3-4,11-12H2. The number of rotatable bonds is 3. The molecule has 1 saturated heterocycles. The highest BCUT2D eigenvalue weighted by Crippen LogP contribution is 2.26. The summed E-state index contributed by atoms with van der Waals surface area (Å²) in [5, 5.41) is 0. The molecule has 2 nitrogen and oxygen atoms in total. The van der Waals surface area contributed by atoms with Gasteiger partial charge in [-0.05, 0) is 36.1 Å². The number of carbonyl (C=O) groups is 1. The van der Waals surface area contributed by atoms with Crippen molar-refractivity contribution in [2.45, 2.75) is 12.8 Å². The van der Waals surface area contributed by atoms with Crippen LogP contribution in [-0.4, -0.2) is 19.4 Å². The van der Waals surface area contributed by atoms with Gasteiger partial charge in [0.15, 0.2) is 6.29 Å². The van der Waals surface area contributed by atoms with E-state index in [4.69, 9.17) is 0 Å². The summed E-state index contributed by atoms with van der Waals surface area (Å²) in [7, 11) is 0. The maximum atomic E-state index is 11.1. The van der Waals surface area contributed by atoms with Gasteiger partial charge in [0, 0.05) is 24.3 Å². The van der Waals surface area contributed by atoms with Crippen LogP contribution < -0.4 is 4.90 Å². The summed E-state index contributed by atoms with van der Waals surface area (Å²) in [6, 6.07) is 16.2. The Morgan fingerprint density at radius 2 is 1.58 bits per heavy atom. The summed E-state index contributed by atoms with van der Waals surface area (Å²) in [4.78, 5) is 13.5. The largest absolute Gasteiger partial charge is 0.372 e. The fraction of sp³-hybridized carbons (Fsp3) is 0.235. The lowest BCUT2D eigenvalue weighted by Gasteiger charge is -2.17. The van der Waals surface area contributed by atoms with Crippen molar-refractivity contribution in [1.29, 1.82) is 0 Å². The molecule has 1 aliphatic heterocycles. The molecule has 0 N–H and O–H groups in total. The van der Waals surface area contributed by atoms with E-state index in [0.29, 0.717) is 0 Å². The lowest BCUT2D eigenvalue weighted by molar-refractivity contribution is 0.112. The summed E-state index contributed by atoms with van der Waals surface area (Å²) in [5.74, 6) is 0. The van der Waals surface area contributed by atoms with Crippen molar-refractivity contribution in [3.8, 4) is 11.1 Å². The highest BCUT2D eigenvalue weighted by molar-refractivity contribution is 5.87. The van der Waals surface area contributed by atoms with E-state index in [0.717, 1.165) is 36.1 Å². The zero-order valence-electron chi connectivity index (χ0n) is 10.9. The zero-order chi connectivity index (χ0) is 13.1. The fourth-order valence-electron chi connectivity index (χ4n) is 2.69. The molecule has 2 aromatic carbocycles. The Balaban J connectivity index is 1.91. The van der Waals surface area contributed by atoms with Crippen molar-refractivity contribution in [2.75, 3.05) is 18.0 Å². The molecule has 0 aromatic heterocycles. The van der Waals surface area contributed by atoms with Gasteiger partial charge in [-0.1, -0.05) is 36.4 Å². The van der Waals surface area contributed by atoms with Gasteiger partial charge in [-0.15, -0.1) is 0 Å². The first-order valence-corrected chi connectivity index (χ1v) is 6.78. The van der Waals surface area contributed by atoms with Crippen LogP contribution in [0.2, 0.25) is 0 Å². The van der Waals surface area contributed by atoms with E-state index >= 15 is 0 Å². The van der Waals surface area contributed by atoms with Gasteiger partial charge in [-0.2, -0.15) is 0 Å². The molecule has 0 radical (unpaired) electrons. The average molecular weight is 251 g/mol. The predicted molar refractivity (Wildman–Crippen MR) is 78.7 cm³/mol. The van der Waals surface area contributed by atoms with E-state index in [1.807, 2.05) is 24.3 Å². The van der Waals surface area contributed by atoms with Crippen molar-refractivity contribution in [3.63, 3.8) is 0 Å². The summed E-state index contributed by atoms with van der Waals surface area (Å²) >= 11 is 0. The number of anilines is 1. The van der Waals surface area contributed by atoms with Crippen molar-refractivity contribution in [2.24, 2.45) is 0 Å². The van der Waals surface area contributed by atoms with Gasteiger partial charge in [0.1, 0.15) is 0 Å². The number of nitrogens with zero attached hydrogens (tertiary/aromatic N) is 1. The Morgan fingerprint density at radius 1 is 0.895 bits per heavy atom. The fourth-order valence-corrected chi connectivity index (χ4v) is 2.69. The first-order valence-electron chi connectivity index (χ1n) is 6.78. The normalized spacial score (nSPS) is 14.6. The van der Waals surface area contributed by atoms with Crippen molar-refractivity contribution in [3.05, 3.63) is 54.1 Å². The molecule has 0 atom stereocenters. The lowest BCUT2D eigenvalue weighted by Crippen LogP contribution is -2.17. The van der Waals surface area contributed by atoms with Crippen LogP contribution in [0.1, 0.15) is 23.2 Å². The number of aldehydes is 1. The molecule has 1 aliphatic rings. The van der Waals surface area contributed by atoms with Crippen LogP contribution in [0.5, 0.6) is 0 Å². The number of carbonyl (C=O) groups excluding carboxylic acids is 1. The smallest absolute Gasteiger partial charge is 0.150 e. The molecule has 0 unspecified atom stereocenters. The van der Waals surface area contributed by atoms with Crippen LogP contribution in [0.15, 0.2) is 48.5 Å². The SMILES string of the molecule is O=Cc1ccccc1-c1ccc(N2CCCC2)cc1. The van der Waals surface area contributed by atoms with Crippen LogP contribution in [0.4, 0.5) is 5.69 Å². The minimum atomic E-state index is 0.747. The van der Waals surface area contributed by atoms with E-state index in [9.17, 15) is 4.79 Å². The van der Waals surface area contributed by atoms with Gasteiger partial charge >= 0.3 is 0 Å². The molecule has 96 valence electrons. The number of hydrogen-bond acceptors (Lipinski definition) is 2. The Bertz CT molecular complexity index is 568. The average Bonchev–Trinajstić information content (AvgIpc) is 3.02. The Morgan fingerprint density at radius 3 is 2.26 bits per heavy atom. The van der Waals surface area contributed by atoms with Gasteiger partial charge in [0.05, 0.1) is 0 Å². The molecule has 1 heterocycles. The molecular formula is C17H17NO. The van der Waals surface area contributed by atoms with E-state index in [1.165, 1.54) is 18.5 Å². The second-order valence-electron chi connectivity index (χ2n) is 4.95. The summed E-state index contributed by atoms with van der Waals surface area (Å²) in [5.41, 5.74) is 4.14. The van der Waals surface area contributed by atoms with Crippen molar-refractivity contribution >= 4 is 12.0 Å². The molecule has 0 saturated carbocycles. The minimum Gasteiger partial charge on any atom is -0.372 e. The van der Waals surface area contributed by atoms with E-state index < -0.39 is 0 Å². The van der Waals surface area contributed by atoms with Crippen LogP contribution in [0.25, 0.3) is 11.1 Å². The first kappa shape index (κ1) is 12.0. The van der Waals surface area contributed by atoms with Crippen LogP contribution in [0.3, 0.4) is 0 Å². The molecule has 1 fully saturated rings. The van der Waals surface area contributed by atoms with Gasteiger partial charge < -0.3 is 4.90 Å². The van der Waals surface area contributed by atoms with Crippen LogP contribution >= 0.6 is 0 Å². The maximum Gasteiger partial charge on any atom is 0.150 e. The van der Waals surface area contributed by atoms with Crippen LogP contribution in [0, 0.1) is 0 Å². The third-order valence-electron chi connectivity index (χ3n) is 3.74. The zero-order valence-corrected chi connectivity index (χ0v) is 10.9. The number of benzene rings is 2. The Labute approximate surface area is 113 Å². The van der Waals surface area contributed by atoms with Crippen LogP contribution in [-0.2, 0) is 0 Å².